The first-order valence-corrected chi connectivity index (χ1v) is 14.7. The molecule has 4 heterocycles. The van der Waals surface area contributed by atoms with Gasteiger partial charge in [0.15, 0.2) is 10.8 Å². The number of alkyl halides is 2. The zero-order valence-corrected chi connectivity index (χ0v) is 22.5. The summed E-state index contributed by atoms with van der Waals surface area (Å²) in [5.41, 5.74) is 1.71. The van der Waals surface area contributed by atoms with Crippen molar-refractivity contribution in [2.75, 3.05) is 12.3 Å². The lowest BCUT2D eigenvalue weighted by Gasteiger charge is -2.32. The van der Waals surface area contributed by atoms with Crippen molar-refractivity contribution in [2.24, 2.45) is 4.99 Å². The average molecular weight is 596 g/mol. The summed E-state index contributed by atoms with van der Waals surface area (Å²) in [6.45, 7) is -2.67. The van der Waals surface area contributed by atoms with Crippen LogP contribution in [-0.2, 0) is 10.0 Å². The highest BCUT2D eigenvalue weighted by atomic mass is 35.5. The van der Waals surface area contributed by atoms with E-state index in [0.29, 0.717) is 32.4 Å². The monoisotopic (exact) mass is 595 g/mol. The van der Waals surface area contributed by atoms with Crippen LogP contribution in [0.4, 0.5) is 13.2 Å². The van der Waals surface area contributed by atoms with E-state index in [2.05, 4.69) is 14.8 Å². The molecule has 2 aromatic heterocycles. The van der Waals surface area contributed by atoms with Gasteiger partial charge in [0.05, 0.1) is 17.5 Å². The molecule has 0 aliphatic carbocycles. The van der Waals surface area contributed by atoms with Crippen LogP contribution in [0.1, 0.15) is 48.1 Å². The number of nitrogens with one attached hydrogen (secondary N) is 1. The molecule has 2 atom stereocenters. The highest BCUT2D eigenvalue weighted by molar-refractivity contribution is 7.89. The predicted molar refractivity (Wildman–Crippen MR) is 140 cm³/mol. The normalized spacial score (nSPS) is 19.4. The molecule has 39 heavy (non-hydrogen) atoms. The second-order valence-electron chi connectivity index (χ2n) is 8.89. The second-order valence-corrected chi connectivity index (χ2v) is 12.1. The summed E-state index contributed by atoms with van der Waals surface area (Å²) in [5, 5.41) is 15.2. The number of amidine groups is 1. The van der Waals surface area contributed by atoms with Crippen molar-refractivity contribution >= 4 is 44.4 Å². The van der Waals surface area contributed by atoms with Crippen molar-refractivity contribution in [3.8, 4) is 6.07 Å². The Balaban J connectivity index is 1.63. The number of hydrogen-bond donors (Lipinski definition) is 1. The van der Waals surface area contributed by atoms with E-state index in [1.807, 2.05) is 11.0 Å². The molecule has 2 aliphatic rings. The number of hydrogen-bond acceptors (Lipinski definition) is 8. The van der Waals surface area contributed by atoms with Gasteiger partial charge in [-0.15, -0.1) is 11.3 Å². The number of nitrogens with zero attached hydrogens (tertiary/aromatic N) is 6. The van der Waals surface area contributed by atoms with Crippen molar-refractivity contribution in [3.63, 3.8) is 0 Å². The summed E-state index contributed by atoms with van der Waals surface area (Å²) in [5.74, 6) is -0.301. The standard InChI is InChI=1S/C24H21ClF3N7O2S2/c25-17-11-14(26)3-4-16(17)21-20(18-5-8-35(32-18)24(27)28)19-12-15(33-39(36,37)10-2-1-6-29)13-34(19)22(31-21)23-30-7-9-38-23/h3-5,7-9,11,15,21,24,33H,1-2,10,12-13H2/t15-,21-/m0/s1. The molecule has 15 heteroatoms. The maximum absolute atomic E-state index is 13.9. The lowest BCUT2D eigenvalue weighted by molar-refractivity contribution is 0.0564. The van der Waals surface area contributed by atoms with E-state index in [0.717, 1.165) is 12.3 Å². The Kier molecular flexibility index (Phi) is 7.77. The van der Waals surface area contributed by atoms with E-state index in [9.17, 15) is 21.6 Å². The van der Waals surface area contributed by atoms with Gasteiger partial charge in [-0.3, -0.25) is 4.99 Å². The summed E-state index contributed by atoms with van der Waals surface area (Å²) in [4.78, 5) is 11.1. The molecule has 1 fully saturated rings. The van der Waals surface area contributed by atoms with Gasteiger partial charge in [-0.1, -0.05) is 17.7 Å². The number of aliphatic imine (C=N–C) groups is 1. The van der Waals surface area contributed by atoms with E-state index >= 15 is 0 Å². The van der Waals surface area contributed by atoms with Gasteiger partial charge in [-0.25, -0.2) is 27.2 Å². The molecule has 1 aromatic carbocycles. The number of rotatable bonds is 9. The number of benzene rings is 1. The summed E-state index contributed by atoms with van der Waals surface area (Å²) in [6.07, 6.45) is 3.26. The van der Waals surface area contributed by atoms with E-state index < -0.39 is 34.5 Å². The van der Waals surface area contributed by atoms with E-state index in [-0.39, 0.29) is 42.3 Å². The Labute approximate surface area is 231 Å². The van der Waals surface area contributed by atoms with Gasteiger partial charge in [0.25, 0.3) is 0 Å². The van der Waals surface area contributed by atoms with Gasteiger partial charge in [0, 0.05) is 65.1 Å². The van der Waals surface area contributed by atoms with Crippen molar-refractivity contribution in [1.82, 2.24) is 24.4 Å². The first kappa shape index (κ1) is 27.3. The van der Waals surface area contributed by atoms with Crippen LogP contribution in [0.2, 0.25) is 5.02 Å². The van der Waals surface area contributed by atoms with E-state index in [1.165, 1.54) is 29.5 Å². The van der Waals surface area contributed by atoms with Crippen molar-refractivity contribution in [1.29, 1.82) is 5.26 Å². The Hall–Kier alpha value is -3.25. The number of fused-ring (bicyclic) bond motifs is 1. The highest BCUT2D eigenvalue weighted by Gasteiger charge is 2.41. The van der Waals surface area contributed by atoms with E-state index in [1.54, 1.807) is 11.6 Å². The second kappa shape index (κ2) is 11.1. The van der Waals surface area contributed by atoms with Crippen molar-refractivity contribution in [3.05, 3.63) is 74.8 Å². The van der Waals surface area contributed by atoms with Gasteiger partial charge in [-0.05, 0) is 24.6 Å². The van der Waals surface area contributed by atoms with Crippen LogP contribution in [0.25, 0.3) is 5.57 Å². The van der Waals surface area contributed by atoms with Gasteiger partial charge in [0.1, 0.15) is 11.9 Å². The summed E-state index contributed by atoms with van der Waals surface area (Å²) in [7, 11) is -3.70. The number of halogens is 4. The molecule has 9 nitrogen and oxygen atoms in total. The van der Waals surface area contributed by atoms with Crippen LogP contribution in [-0.4, -0.2) is 52.3 Å². The lowest BCUT2D eigenvalue weighted by Crippen LogP contribution is -2.40. The molecule has 0 saturated carbocycles. The maximum atomic E-state index is 13.9. The molecule has 0 amide bonds. The third-order valence-electron chi connectivity index (χ3n) is 6.27. The first-order chi connectivity index (χ1) is 18.7. The van der Waals surface area contributed by atoms with E-state index in [4.69, 9.17) is 21.9 Å². The minimum atomic E-state index is -3.70. The zero-order chi connectivity index (χ0) is 27.7. The molecule has 5 rings (SSSR count). The topological polar surface area (TPSA) is 116 Å². The van der Waals surface area contributed by atoms with Crippen molar-refractivity contribution in [2.45, 2.75) is 37.9 Å². The molecule has 0 radical (unpaired) electrons. The highest BCUT2D eigenvalue weighted by Crippen LogP contribution is 2.46. The third-order valence-corrected chi connectivity index (χ3v) is 8.89. The molecule has 204 valence electrons. The average Bonchev–Trinajstić information content (AvgIpc) is 3.64. The molecule has 1 saturated heterocycles. The van der Waals surface area contributed by atoms with Gasteiger partial charge in [0.2, 0.25) is 10.0 Å². The van der Waals surface area contributed by atoms with Crippen molar-refractivity contribution < 1.29 is 21.6 Å². The fourth-order valence-electron chi connectivity index (χ4n) is 4.69. The van der Waals surface area contributed by atoms with Gasteiger partial charge >= 0.3 is 6.55 Å². The predicted octanol–water partition coefficient (Wildman–Crippen LogP) is 4.74. The SMILES string of the molecule is N#CCCCS(=O)(=O)N[C@H]1CC2=C(c3ccn(C(F)F)n3)[C@H](c3ccc(F)cc3Cl)N=C(c3nccs3)N2C1. The number of unbranched alkanes of at least 4 members (excludes halogenated alkanes) is 1. The summed E-state index contributed by atoms with van der Waals surface area (Å²) >= 11 is 7.77. The Morgan fingerprint density at radius 2 is 2.13 bits per heavy atom. The molecular formula is C24H21ClF3N7O2S2. The molecular weight excluding hydrogens is 575 g/mol. The quantitative estimate of drug-likeness (QED) is 0.357. The minimum absolute atomic E-state index is 0.0924. The van der Waals surface area contributed by atoms with Crippen LogP contribution in [0.15, 0.2) is 52.7 Å². The van der Waals surface area contributed by atoms with Crippen LogP contribution in [0.3, 0.4) is 0 Å². The Morgan fingerprint density at radius 1 is 1.31 bits per heavy atom. The fraction of sp³-hybridized carbons (Fsp3) is 0.333. The summed E-state index contributed by atoms with van der Waals surface area (Å²) in [6, 6.07) is 5.80. The smallest absolute Gasteiger partial charge is 0.326 e. The fourth-order valence-corrected chi connectivity index (χ4v) is 6.91. The Bertz CT molecular complexity index is 1580. The first-order valence-electron chi connectivity index (χ1n) is 11.8. The molecule has 0 spiro atoms. The number of thiazole rings is 1. The molecule has 0 unspecified atom stereocenters. The van der Waals surface area contributed by atoms with Crippen LogP contribution in [0.5, 0.6) is 0 Å². The molecule has 2 aliphatic heterocycles. The number of nitriles is 1. The maximum Gasteiger partial charge on any atom is 0.333 e. The number of sulfonamides is 1. The zero-order valence-electron chi connectivity index (χ0n) is 20.1. The van der Waals surface area contributed by atoms with Gasteiger partial charge < -0.3 is 4.90 Å². The van der Waals surface area contributed by atoms with Crippen LogP contribution < -0.4 is 4.72 Å². The lowest BCUT2D eigenvalue weighted by atomic mass is 9.92. The van der Waals surface area contributed by atoms with Crippen LogP contribution >= 0.6 is 22.9 Å². The molecule has 1 N–H and O–H groups in total. The Morgan fingerprint density at radius 3 is 2.79 bits per heavy atom. The third kappa shape index (κ3) is 5.72. The molecule has 3 aromatic rings. The van der Waals surface area contributed by atoms with Crippen LogP contribution in [0, 0.1) is 17.1 Å². The largest absolute Gasteiger partial charge is 0.333 e. The summed E-state index contributed by atoms with van der Waals surface area (Å²) < 4.78 is 69.5. The number of aromatic nitrogens is 3. The van der Waals surface area contributed by atoms with Gasteiger partial charge in [-0.2, -0.15) is 19.1 Å². The molecule has 0 bridgehead atoms. The minimum Gasteiger partial charge on any atom is -0.326 e.